The zero-order valence-electron chi connectivity index (χ0n) is 23.7. The number of hydrogen-bond donors (Lipinski definition) is 1. The number of hydrogen-bond acceptors (Lipinski definition) is 5. The minimum Gasteiger partial charge on any atom is -1.00 e. The Balaban J connectivity index is 0.00000760. The molecule has 0 unspecified atom stereocenters. The summed E-state index contributed by atoms with van der Waals surface area (Å²) in [5.41, 5.74) is 2.66. The summed E-state index contributed by atoms with van der Waals surface area (Å²) >= 11 is 0. The first-order valence-corrected chi connectivity index (χ1v) is 13.8. The quantitative estimate of drug-likeness (QED) is 0.137. The first kappa shape index (κ1) is 34.0. The van der Waals surface area contributed by atoms with Crippen molar-refractivity contribution >= 4 is 11.9 Å². The largest absolute Gasteiger partial charge is 1.00 e. The van der Waals surface area contributed by atoms with Gasteiger partial charge in [0.2, 0.25) is 0 Å². The number of ether oxygens (including phenoxy) is 2. The molecule has 0 saturated heterocycles. The lowest BCUT2D eigenvalue weighted by atomic mass is 9.81. The highest BCUT2D eigenvalue weighted by atomic mass is 79.9. The molecule has 7 heteroatoms. The molecule has 39 heavy (non-hydrogen) atoms. The van der Waals surface area contributed by atoms with E-state index in [0.717, 1.165) is 18.5 Å². The standard InChI is InChI=1S/C32H42N2O4.BrH/c1-6-9-10-11-12-13-14-15-16-17-20-34-21-18-19-27(24-34)30-28(31(35)37-22-7-2)25(4)33-26(5)29(30)32(36)38-23-8-3;/h2-3,18-19,21,24,30H,6,9-17,20,22-23H2,1,4-5H3;1H. The number of nitrogens with one attached hydrogen (secondary N) is 1. The van der Waals surface area contributed by atoms with Crippen LogP contribution in [0.3, 0.4) is 0 Å². The maximum atomic E-state index is 13.1. The molecule has 0 saturated carbocycles. The molecule has 0 radical (unpaired) electrons. The van der Waals surface area contributed by atoms with Gasteiger partial charge in [0.1, 0.15) is 6.54 Å². The van der Waals surface area contributed by atoms with Crippen molar-refractivity contribution in [2.24, 2.45) is 0 Å². The summed E-state index contributed by atoms with van der Waals surface area (Å²) in [6.45, 7) is 6.36. The van der Waals surface area contributed by atoms with E-state index in [1.165, 1.54) is 57.8 Å². The summed E-state index contributed by atoms with van der Waals surface area (Å²) in [5.74, 6) is 2.83. The third-order valence-electron chi connectivity index (χ3n) is 6.76. The highest BCUT2D eigenvalue weighted by Crippen LogP contribution is 2.38. The van der Waals surface area contributed by atoms with Crippen molar-refractivity contribution in [2.45, 2.75) is 97.4 Å². The Kier molecular flexibility index (Phi) is 16.6. The lowest BCUT2D eigenvalue weighted by Crippen LogP contribution is -3.00. The summed E-state index contributed by atoms with van der Waals surface area (Å²) in [5, 5.41) is 3.13. The van der Waals surface area contributed by atoms with Gasteiger partial charge < -0.3 is 31.8 Å². The lowest BCUT2D eigenvalue weighted by Gasteiger charge is -2.29. The van der Waals surface area contributed by atoms with Gasteiger partial charge in [-0.2, -0.15) is 0 Å². The first-order chi connectivity index (χ1) is 18.4. The van der Waals surface area contributed by atoms with Gasteiger partial charge in [-0.15, -0.1) is 12.8 Å². The molecule has 0 bridgehead atoms. The van der Waals surface area contributed by atoms with Gasteiger partial charge in [-0.05, 0) is 26.3 Å². The normalized spacial score (nSPS) is 13.2. The molecule has 6 nitrogen and oxygen atoms in total. The lowest BCUT2D eigenvalue weighted by molar-refractivity contribution is -0.697. The van der Waals surface area contributed by atoms with Crippen LogP contribution in [0, 0.1) is 24.7 Å². The van der Waals surface area contributed by atoms with Crippen LogP contribution in [0.15, 0.2) is 47.1 Å². The molecular weight excluding hydrogens is 556 g/mol. The van der Waals surface area contributed by atoms with E-state index in [9.17, 15) is 9.59 Å². The average molecular weight is 600 g/mol. The molecule has 0 aliphatic carbocycles. The molecule has 1 aliphatic rings. The monoisotopic (exact) mass is 598 g/mol. The van der Waals surface area contributed by atoms with Crippen LogP contribution in [0.1, 0.15) is 96.5 Å². The molecular formula is C32H43BrN2O4. The fourth-order valence-corrected chi connectivity index (χ4v) is 4.87. The van der Waals surface area contributed by atoms with Gasteiger partial charge in [-0.25, -0.2) is 14.2 Å². The highest BCUT2D eigenvalue weighted by molar-refractivity contribution is 5.99. The van der Waals surface area contributed by atoms with Crippen molar-refractivity contribution in [3.8, 4) is 24.7 Å². The Morgan fingerprint density at radius 1 is 0.872 bits per heavy atom. The summed E-state index contributed by atoms with van der Waals surface area (Å²) < 4.78 is 12.7. The summed E-state index contributed by atoms with van der Waals surface area (Å²) in [6.07, 6.45) is 27.4. The third kappa shape index (κ3) is 10.9. The molecule has 2 heterocycles. The summed E-state index contributed by atoms with van der Waals surface area (Å²) in [4.78, 5) is 26.1. The van der Waals surface area contributed by atoms with Crippen molar-refractivity contribution in [1.82, 2.24) is 5.32 Å². The fourth-order valence-electron chi connectivity index (χ4n) is 4.87. The number of nitrogens with zero attached hydrogens (tertiary/aromatic N) is 1. The number of aryl methyl sites for hydroxylation is 1. The number of terminal acetylenes is 2. The molecule has 212 valence electrons. The molecule has 1 aliphatic heterocycles. The molecule has 0 spiro atoms. The minimum absolute atomic E-state index is 0. The Bertz CT molecular complexity index is 1040. The van der Waals surface area contributed by atoms with E-state index in [0.29, 0.717) is 22.5 Å². The summed E-state index contributed by atoms with van der Waals surface area (Å²) in [7, 11) is 0. The van der Waals surface area contributed by atoms with Gasteiger partial charge in [0, 0.05) is 29.4 Å². The van der Waals surface area contributed by atoms with Crippen molar-refractivity contribution in [2.75, 3.05) is 13.2 Å². The second-order valence-electron chi connectivity index (χ2n) is 9.75. The van der Waals surface area contributed by atoms with Crippen LogP contribution in [0.4, 0.5) is 0 Å². The van der Waals surface area contributed by atoms with Gasteiger partial charge in [0.25, 0.3) is 0 Å². The van der Waals surface area contributed by atoms with Crippen molar-refractivity contribution in [3.63, 3.8) is 0 Å². The second-order valence-corrected chi connectivity index (χ2v) is 9.75. The van der Waals surface area contributed by atoms with Gasteiger partial charge >= 0.3 is 11.9 Å². The minimum atomic E-state index is -0.674. The van der Waals surface area contributed by atoms with Crippen LogP contribution in [-0.2, 0) is 25.6 Å². The number of carbonyl (C=O) groups excluding carboxylic acids is 2. The second kappa shape index (κ2) is 19.1. The van der Waals surface area contributed by atoms with E-state index in [-0.39, 0.29) is 30.2 Å². The van der Waals surface area contributed by atoms with E-state index in [1.807, 2.05) is 24.5 Å². The number of esters is 2. The van der Waals surface area contributed by atoms with Crippen molar-refractivity contribution < 1.29 is 40.6 Å². The Morgan fingerprint density at radius 3 is 1.85 bits per heavy atom. The number of carbonyl (C=O) groups is 2. The highest BCUT2D eigenvalue weighted by Gasteiger charge is 2.39. The summed E-state index contributed by atoms with van der Waals surface area (Å²) in [6, 6.07) is 3.85. The average Bonchev–Trinajstić information content (AvgIpc) is 2.91. The van der Waals surface area contributed by atoms with Crippen molar-refractivity contribution in [3.05, 3.63) is 52.6 Å². The van der Waals surface area contributed by atoms with Gasteiger partial charge in [-0.3, -0.25) is 0 Å². The predicted octanol–water partition coefficient (Wildman–Crippen LogP) is 2.49. The van der Waals surface area contributed by atoms with Gasteiger partial charge in [0.15, 0.2) is 25.6 Å². The van der Waals surface area contributed by atoms with Crippen LogP contribution in [-0.4, -0.2) is 25.2 Å². The number of aromatic nitrogens is 1. The van der Waals surface area contributed by atoms with Crippen LogP contribution < -0.4 is 26.9 Å². The Labute approximate surface area is 245 Å². The zero-order valence-corrected chi connectivity index (χ0v) is 25.3. The molecule has 2 rings (SSSR count). The Morgan fingerprint density at radius 2 is 1.36 bits per heavy atom. The molecule has 0 atom stereocenters. The SMILES string of the molecule is C#CCOC(=O)C1=C(C)NC(C)=C(C(=O)OCC#C)C1c1ccc[n+](CCCCCCCCCCCC)c1.[Br-]. The molecule has 0 aromatic carbocycles. The number of pyridine rings is 1. The van der Waals surface area contributed by atoms with Gasteiger partial charge in [0.05, 0.1) is 17.1 Å². The molecule has 1 aromatic heterocycles. The van der Waals surface area contributed by atoms with E-state index in [4.69, 9.17) is 22.3 Å². The third-order valence-corrected chi connectivity index (χ3v) is 6.76. The van der Waals surface area contributed by atoms with E-state index >= 15 is 0 Å². The molecule has 0 amide bonds. The van der Waals surface area contributed by atoms with Gasteiger partial charge in [-0.1, -0.05) is 70.1 Å². The fraction of sp³-hybridized carbons (Fsp3) is 0.531. The maximum Gasteiger partial charge on any atom is 0.337 e. The van der Waals surface area contributed by atoms with Crippen LogP contribution in [0.2, 0.25) is 0 Å². The first-order valence-electron chi connectivity index (χ1n) is 13.8. The predicted molar refractivity (Wildman–Crippen MR) is 149 cm³/mol. The number of rotatable bonds is 16. The van der Waals surface area contributed by atoms with E-state index in [1.54, 1.807) is 13.8 Å². The number of allylic oxidation sites excluding steroid dienone is 2. The maximum absolute atomic E-state index is 13.1. The molecule has 0 fully saturated rings. The van der Waals surface area contributed by atoms with E-state index < -0.39 is 17.9 Å². The molecule has 1 N–H and O–H groups in total. The van der Waals surface area contributed by atoms with Crippen LogP contribution in [0.25, 0.3) is 0 Å². The number of unbranched alkanes of at least 4 members (excludes halogenated alkanes) is 9. The number of halogens is 1. The zero-order chi connectivity index (χ0) is 27.8. The smallest absolute Gasteiger partial charge is 0.337 e. The topological polar surface area (TPSA) is 68.5 Å². The van der Waals surface area contributed by atoms with Crippen molar-refractivity contribution in [1.29, 1.82) is 0 Å². The molecule has 1 aromatic rings. The Hall–Kier alpha value is -3.03. The van der Waals surface area contributed by atoms with E-state index in [2.05, 4.69) is 28.6 Å². The van der Waals surface area contributed by atoms with Crippen LogP contribution >= 0.6 is 0 Å². The number of dihydropyridines is 1. The van der Waals surface area contributed by atoms with Crippen LogP contribution in [0.5, 0.6) is 0 Å².